The zero-order valence-corrected chi connectivity index (χ0v) is 18.5. The van der Waals surface area contributed by atoms with Crippen molar-refractivity contribution < 1.29 is 17.9 Å². The van der Waals surface area contributed by atoms with Gasteiger partial charge < -0.3 is 15.4 Å². The number of para-hydroxylation sites is 2. The first-order valence-corrected chi connectivity index (χ1v) is 10.4. The van der Waals surface area contributed by atoms with E-state index < -0.39 is 17.3 Å². The summed E-state index contributed by atoms with van der Waals surface area (Å²) < 4.78 is 46.8. The summed E-state index contributed by atoms with van der Waals surface area (Å²) in [5, 5.41) is 5.76. The van der Waals surface area contributed by atoms with Gasteiger partial charge in [0.05, 0.1) is 5.69 Å². The maximum Gasteiger partial charge on any atom is 0.421 e. The summed E-state index contributed by atoms with van der Waals surface area (Å²) in [6.45, 7) is 7.69. The number of anilines is 4. The number of aryl methyl sites for hydroxylation is 1. The van der Waals surface area contributed by atoms with Crippen LogP contribution in [0, 0.1) is 0 Å². The Balaban J connectivity index is 1.92. The van der Waals surface area contributed by atoms with Gasteiger partial charge in [-0.3, -0.25) is 0 Å². The van der Waals surface area contributed by atoms with Crippen LogP contribution in [0.4, 0.5) is 36.3 Å². The predicted molar refractivity (Wildman–Crippen MR) is 121 cm³/mol. The molecule has 0 saturated carbocycles. The van der Waals surface area contributed by atoms with Crippen LogP contribution in [-0.4, -0.2) is 15.6 Å². The smallest absolute Gasteiger partial charge is 0.421 e. The predicted octanol–water partition coefficient (Wildman–Crippen LogP) is 7.11. The number of alkyl halides is 3. The number of rotatable bonds is 7. The Morgan fingerprint density at radius 3 is 2.25 bits per heavy atom. The van der Waals surface area contributed by atoms with E-state index in [4.69, 9.17) is 4.74 Å². The Kier molecular flexibility index (Phi) is 6.91. The molecule has 0 fully saturated rings. The average Bonchev–Trinajstić information content (AvgIpc) is 2.69. The van der Waals surface area contributed by atoms with Crippen LogP contribution in [0.15, 0.2) is 54.7 Å². The highest BCUT2D eigenvalue weighted by molar-refractivity contribution is 5.67. The van der Waals surface area contributed by atoms with Crippen LogP contribution >= 0.6 is 0 Å². The second-order valence-corrected chi connectivity index (χ2v) is 8.36. The molecule has 8 heteroatoms. The van der Waals surface area contributed by atoms with Crippen LogP contribution in [-0.2, 0) is 12.6 Å². The van der Waals surface area contributed by atoms with Crippen LogP contribution in [0.3, 0.4) is 0 Å². The molecule has 0 unspecified atom stereocenters. The molecule has 0 spiro atoms. The molecule has 1 heterocycles. The number of aromatic nitrogens is 2. The fraction of sp³-hybridized carbons (Fsp3) is 0.333. The summed E-state index contributed by atoms with van der Waals surface area (Å²) in [4.78, 5) is 7.99. The first-order chi connectivity index (χ1) is 15.0. The van der Waals surface area contributed by atoms with Gasteiger partial charge in [-0.1, -0.05) is 37.6 Å². The summed E-state index contributed by atoms with van der Waals surface area (Å²) in [5.74, 6) is 0.119. The number of halogens is 3. The van der Waals surface area contributed by atoms with Crippen molar-refractivity contribution in [3.63, 3.8) is 0 Å². The second-order valence-electron chi connectivity index (χ2n) is 8.36. The maximum atomic E-state index is 13.6. The van der Waals surface area contributed by atoms with Crippen molar-refractivity contribution in [2.75, 3.05) is 10.6 Å². The third-order valence-electron chi connectivity index (χ3n) is 4.40. The molecule has 0 bridgehead atoms. The number of benzene rings is 2. The van der Waals surface area contributed by atoms with Gasteiger partial charge in [0.2, 0.25) is 5.95 Å². The van der Waals surface area contributed by atoms with E-state index in [1.807, 2.05) is 45.0 Å². The summed E-state index contributed by atoms with van der Waals surface area (Å²) >= 11 is 0. The molecular formula is C24H27F3N4O. The zero-order valence-electron chi connectivity index (χ0n) is 18.5. The highest BCUT2D eigenvalue weighted by Gasteiger charge is 2.35. The van der Waals surface area contributed by atoms with E-state index in [9.17, 15) is 13.2 Å². The molecule has 1 aromatic heterocycles. The van der Waals surface area contributed by atoms with Crippen molar-refractivity contribution in [1.29, 1.82) is 0 Å². The molecule has 2 aromatic carbocycles. The van der Waals surface area contributed by atoms with Gasteiger partial charge in [-0.25, -0.2) is 4.98 Å². The van der Waals surface area contributed by atoms with Crippen LogP contribution in [0.5, 0.6) is 5.75 Å². The van der Waals surface area contributed by atoms with E-state index in [-0.39, 0.29) is 11.8 Å². The Bertz CT molecular complexity index is 1040. The topological polar surface area (TPSA) is 59.1 Å². The van der Waals surface area contributed by atoms with Gasteiger partial charge in [0.25, 0.3) is 0 Å². The van der Waals surface area contributed by atoms with Gasteiger partial charge in [0.15, 0.2) is 0 Å². The molecule has 3 rings (SSSR count). The Hall–Kier alpha value is -3.29. The van der Waals surface area contributed by atoms with Crippen LogP contribution < -0.4 is 15.4 Å². The first kappa shape index (κ1) is 23.4. The van der Waals surface area contributed by atoms with Crippen molar-refractivity contribution in [2.45, 2.75) is 52.3 Å². The lowest BCUT2D eigenvalue weighted by molar-refractivity contribution is -0.137. The molecule has 0 amide bonds. The van der Waals surface area contributed by atoms with Gasteiger partial charge in [-0.05, 0) is 57.0 Å². The third-order valence-corrected chi connectivity index (χ3v) is 4.40. The molecule has 0 aliphatic heterocycles. The molecule has 5 nitrogen and oxygen atoms in total. The van der Waals surface area contributed by atoms with Crippen molar-refractivity contribution in [2.24, 2.45) is 0 Å². The van der Waals surface area contributed by atoms with Gasteiger partial charge in [0, 0.05) is 11.9 Å². The molecule has 0 atom stereocenters. The van der Waals surface area contributed by atoms with Gasteiger partial charge in [-0.15, -0.1) is 0 Å². The molecule has 170 valence electrons. The number of nitrogens with zero attached hydrogens (tertiary/aromatic N) is 2. The maximum absolute atomic E-state index is 13.6. The van der Waals surface area contributed by atoms with Crippen molar-refractivity contribution in [1.82, 2.24) is 9.97 Å². The molecule has 3 aromatic rings. The zero-order chi connectivity index (χ0) is 23.4. The van der Waals surface area contributed by atoms with Gasteiger partial charge >= 0.3 is 6.18 Å². The molecule has 0 radical (unpaired) electrons. The Labute approximate surface area is 186 Å². The quantitative estimate of drug-likeness (QED) is 0.407. The van der Waals surface area contributed by atoms with E-state index in [0.717, 1.165) is 19.0 Å². The molecular weight excluding hydrogens is 417 g/mol. The molecule has 32 heavy (non-hydrogen) atoms. The van der Waals surface area contributed by atoms with Gasteiger partial charge in [-0.2, -0.15) is 18.2 Å². The van der Waals surface area contributed by atoms with Crippen molar-refractivity contribution in [3.8, 4) is 5.75 Å². The highest BCUT2D eigenvalue weighted by Crippen LogP contribution is 2.37. The first-order valence-electron chi connectivity index (χ1n) is 10.4. The average molecular weight is 445 g/mol. The molecule has 0 saturated heterocycles. The van der Waals surface area contributed by atoms with E-state index in [1.165, 1.54) is 5.56 Å². The monoisotopic (exact) mass is 444 g/mol. The molecule has 0 aliphatic rings. The van der Waals surface area contributed by atoms with E-state index in [1.54, 1.807) is 24.3 Å². The number of hydrogen-bond donors (Lipinski definition) is 2. The van der Waals surface area contributed by atoms with E-state index in [2.05, 4.69) is 27.5 Å². The summed E-state index contributed by atoms with van der Waals surface area (Å²) in [5.41, 5.74) is 0.761. The minimum atomic E-state index is -4.62. The van der Waals surface area contributed by atoms with Crippen LogP contribution in [0.25, 0.3) is 0 Å². The lowest BCUT2D eigenvalue weighted by atomic mass is 10.1. The standard InChI is InChI=1S/C24H27F3N4O/c1-5-8-16-11-13-17(14-12-16)29-22-28-15-18(24(25,26)27)21(31-22)30-19-9-6-7-10-20(19)32-23(2,3)4/h6-7,9-15H,5,8H2,1-4H3,(H2,28,29,30,31). The van der Waals surface area contributed by atoms with E-state index in [0.29, 0.717) is 17.1 Å². The third kappa shape index (κ3) is 6.35. The summed E-state index contributed by atoms with van der Waals surface area (Å²) in [7, 11) is 0. The van der Waals surface area contributed by atoms with Crippen LogP contribution in [0.1, 0.15) is 45.2 Å². The number of ether oxygens (including phenoxy) is 1. The fourth-order valence-electron chi connectivity index (χ4n) is 3.03. The summed E-state index contributed by atoms with van der Waals surface area (Å²) in [6.07, 6.45) is -1.86. The second kappa shape index (κ2) is 9.46. The molecule has 2 N–H and O–H groups in total. The Morgan fingerprint density at radius 2 is 1.62 bits per heavy atom. The van der Waals surface area contributed by atoms with Crippen molar-refractivity contribution >= 4 is 23.1 Å². The van der Waals surface area contributed by atoms with E-state index >= 15 is 0 Å². The normalized spacial score (nSPS) is 11.8. The largest absolute Gasteiger partial charge is 0.486 e. The lowest BCUT2D eigenvalue weighted by Crippen LogP contribution is -2.23. The molecule has 0 aliphatic carbocycles. The lowest BCUT2D eigenvalue weighted by Gasteiger charge is -2.24. The van der Waals surface area contributed by atoms with Crippen molar-refractivity contribution in [3.05, 3.63) is 65.9 Å². The highest BCUT2D eigenvalue weighted by atomic mass is 19.4. The number of hydrogen-bond acceptors (Lipinski definition) is 5. The summed E-state index contributed by atoms with van der Waals surface area (Å²) in [6, 6.07) is 14.4. The SMILES string of the molecule is CCCc1ccc(Nc2ncc(C(F)(F)F)c(Nc3ccccc3OC(C)(C)C)n2)cc1. The minimum Gasteiger partial charge on any atom is -0.486 e. The number of nitrogens with one attached hydrogen (secondary N) is 2. The minimum absolute atomic E-state index is 0.0537. The van der Waals surface area contributed by atoms with Crippen LogP contribution in [0.2, 0.25) is 0 Å². The fourth-order valence-corrected chi connectivity index (χ4v) is 3.03. The van der Waals surface area contributed by atoms with Gasteiger partial charge in [0.1, 0.15) is 22.7 Å². The Morgan fingerprint density at radius 1 is 0.938 bits per heavy atom.